The van der Waals surface area contributed by atoms with Crippen LogP contribution in [0.3, 0.4) is 0 Å². The molecule has 1 unspecified atom stereocenters. The highest BCUT2D eigenvalue weighted by atomic mass is 16.5. The van der Waals surface area contributed by atoms with Gasteiger partial charge in [-0.15, -0.1) is 0 Å². The third kappa shape index (κ3) is 5.06. The minimum atomic E-state index is -0.179. The van der Waals surface area contributed by atoms with Crippen molar-refractivity contribution in [3.63, 3.8) is 0 Å². The van der Waals surface area contributed by atoms with E-state index >= 15 is 0 Å². The van der Waals surface area contributed by atoms with Gasteiger partial charge in [-0.3, -0.25) is 14.5 Å². The molecule has 2 aliphatic rings. The summed E-state index contributed by atoms with van der Waals surface area (Å²) in [5, 5.41) is 6.80. The van der Waals surface area contributed by atoms with Gasteiger partial charge in [0.15, 0.2) is 0 Å². The fraction of sp³-hybridized carbons (Fsp3) is 0.800. The van der Waals surface area contributed by atoms with Gasteiger partial charge < -0.3 is 10.1 Å². The summed E-state index contributed by atoms with van der Waals surface area (Å²) in [7, 11) is 0. The molecule has 2 heterocycles. The summed E-state index contributed by atoms with van der Waals surface area (Å²) in [5.74, 6) is 0.251. The molecular formula is C15H26N4O3. The van der Waals surface area contributed by atoms with Crippen LogP contribution in [0.25, 0.3) is 0 Å². The summed E-state index contributed by atoms with van der Waals surface area (Å²) in [6, 6.07) is 0.312. The standard InChI is InChI=1S/C15H26N4O3/c1-11(2)9-12(19-5-7-22-8-6-19)10-16-15(21)13-3-4-14(20)18-17-13/h11-12H,3-10H2,1-2H3,(H,16,21)(H,18,20). The first-order valence-electron chi connectivity index (χ1n) is 8.01. The molecule has 0 aromatic rings. The highest BCUT2D eigenvalue weighted by Gasteiger charge is 2.24. The minimum absolute atomic E-state index is 0.137. The van der Waals surface area contributed by atoms with E-state index in [0.717, 1.165) is 32.7 Å². The quantitative estimate of drug-likeness (QED) is 0.730. The van der Waals surface area contributed by atoms with Crippen LogP contribution in [0, 0.1) is 5.92 Å². The first kappa shape index (κ1) is 16.9. The van der Waals surface area contributed by atoms with E-state index in [1.54, 1.807) is 0 Å². The Morgan fingerprint density at radius 1 is 1.36 bits per heavy atom. The van der Waals surface area contributed by atoms with E-state index in [0.29, 0.717) is 37.1 Å². The molecule has 0 spiro atoms. The van der Waals surface area contributed by atoms with E-state index in [-0.39, 0.29) is 11.8 Å². The lowest BCUT2D eigenvalue weighted by atomic mass is 10.0. The van der Waals surface area contributed by atoms with E-state index in [4.69, 9.17) is 4.74 Å². The van der Waals surface area contributed by atoms with Gasteiger partial charge in [-0.25, -0.2) is 5.43 Å². The molecule has 22 heavy (non-hydrogen) atoms. The third-order valence-electron chi connectivity index (χ3n) is 3.97. The first-order valence-corrected chi connectivity index (χ1v) is 8.01. The van der Waals surface area contributed by atoms with E-state index in [1.807, 2.05) is 0 Å². The predicted molar refractivity (Wildman–Crippen MR) is 83.5 cm³/mol. The normalized spacial score (nSPS) is 21.2. The van der Waals surface area contributed by atoms with Gasteiger partial charge in [-0.05, 0) is 12.3 Å². The van der Waals surface area contributed by atoms with Crippen molar-refractivity contribution in [1.29, 1.82) is 0 Å². The average Bonchev–Trinajstić information content (AvgIpc) is 2.52. The molecule has 1 fully saturated rings. The predicted octanol–water partition coefficient (Wildman–Crippen LogP) is 0.116. The maximum absolute atomic E-state index is 12.1. The molecule has 1 atom stereocenters. The van der Waals surface area contributed by atoms with Crippen LogP contribution in [-0.4, -0.2) is 61.3 Å². The SMILES string of the molecule is CC(C)CC(CNC(=O)C1=NNC(=O)CC1)N1CCOCC1. The molecule has 0 aromatic carbocycles. The molecular weight excluding hydrogens is 284 g/mol. The van der Waals surface area contributed by atoms with E-state index < -0.39 is 0 Å². The molecule has 2 aliphatic heterocycles. The van der Waals surface area contributed by atoms with Crippen LogP contribution in [0.5, 0.6) is 0 Å². The number of rotatable bonds is 6. The van der Waals surface area contributed by atoms with Crippen LogP contribution in [0.2, 0.25) is 0 Å². The summed E-state index contributed by atoms with van der Waals surface area (Å²) < 4.78 is 5.40. The second-order valence-electron chi connectivity index (χ2n) is 6.24. The molecule has 124 valence electrons. The fourth-order valence-corrected chi connectivity index (χ4v) is 2.80. The molecule has 2 amide bonds. The topological polar surface area (TPSA) is 83.0 Å². The Bertz CT molecular complexity index is 431. The zero-order chi connectivity index (χ0) is 15.9. The van der Waals surface area contributed by atoms with Crippen molar-refractivity contribution >= 4 is 17.5 Å². The van der Waals surface area contributed by atoms with Crippen molar-refractivity contribution in [3.8, 4) is 0 Å². The van der Waals surface area contributed by atoms with Crippen molar-refractivity contribution in [2.24, 2.45) is 11.0 Å². The molecule has 1 saturated heterocycles. The van der Waals surface area contributed by atoms with Gasteiger partial charge in [0.2, 0.25) is 5.91 Å². The molecule has 0 aliphatic carbocycles. The zero-order valence-corrected chi connectivity index (χ0v) is 13.4. The lowest BCUT2D eigenvalue weighted by molar-refractivity contribution is -0.121. The van der Waals surface area contributed by atoms with E-state index in [9.17, 15) is 9.59 Å². The monoisotopic (exact) mass is 310 g/mol. The van der Waals surface area contributed by atoms with Crippen molar-refractivity contribution in [1.82, 2.24) is 15.6 Å². The van der Waals surface area contributed by atoms with Crippen LogP contribution < -0.4 is 10.7 Å². The van der Waals surface area contributed by atoms with Crippen molar-refractivity contribution in [2.75, 3.05) is 32.8 Å². The van der Waals surface area contributed by atoms with Crippen LogP contribution in [-0.2, 0) is 14.3 Å². The lowest BCUT2D eigenvalue weighted by Gasteiger charge is -2.35. The Labute approximate surface area is 131 Å². The Morgan fingerprint density at radius 3 is 2.68 bits per heavy atom. The largest absolute Gasteiger partial charge is 0.379 e. The number of amides is 2. The second kappa shape index (κ2) is 8.24. The molecule has 0 aromatic heterocycles. The van der Waals surface area contributed by atoms with E-state index in [2.05, 4.69) is 34.6 Å². The van der Waals surface area contributed by atoms with Gasteiger partial charge in [-0.1, -0.05) is 13.8 Å². The molecule has 7 heteroatoms. The van der Waals surface area contributed by atoms with Crippen LogP contribution in [0.4, 0.5) is 0 Å². The Morgan fingerprint density at radius 2 is 2.09 bits per heavy atom. The highest BCUT2D eigenvalue weighted by molar-refractivity contribution is 6.39. The maximum atomic E-state index is 12.1. The lowest BCUT2D eigenvalue weighted by Crippen LogP contribution is -2.50. The van der Waals surface area contributed by atoms with Crippen LogP contribution in [0.15, 0.2) is 5.10 Å². The molecule has 0 bridgehead atoms. The number of carbonyl (C=O) groups is 2. The number of carbonyl (C=O) groups excluding carboxylic acids is 2. The van der Waals surface area contributed by atoms with Gasteiger partial charge >= 0.3 is 0 Å². The van der Waals surface area contributed by atoms with Crippen LogP contribution >= 0.6 is 0 Å². The molecule has 0 radical (unpaired) electrons. The van der Waals surface area contributed by atoms with Crippen molar-refractivity contribution < 1.29 is 14.3 Å². The molecule has 2 rings (SSSR count). The number of ether oxygens (including phenoxy) is 1. The van der Waals surface area contributed by atoms with Gasteiger partial charge in [0, 0.05) is 38.5 Å². The Hall–Kier alpha value is -1.47. The summed E-state index contributed by atoms with van der Waals surface area (Å²) >= 11 is 0. The molecule has 0 saturated carbocycles. The van der Waals surface area contributed by atoms with Crippen molar-refractivity contribution in [3.05, 3.63) is 0 Å². The van der Waals surface area contributed by atoms with Gasteiger partial charge in [0.05, 0.1) is 13.2 Å². The van der Waals surface area contributed by atoms with E-state index in [1.165, 1.54) is 0 Å². The number of nitrogens with one attached hydrogen (secondary N) is 2. The number of hydrogen-bond acceptors (Lipinski definition) is 5. The van der Waals surface area contributed by atoms with Gasteiger partial charge in [0.1, 0.15) is 5.71 Å². The molecule has 7 nitrogen and oxygen atoms in total. The number of hydrogen-bond donors (Lipinski definition) is 2. The third-order valence-corrected chi connectivity index (χ3v) is 3.97. The fourth-order valence-electron chi connectivity index (χ4n) is 2.80. The number of hydrazone groups is 1. The average molecular weight is 310 g/mol. The summed E-state index contributed by atoms with van der Waals surface area (Å²) in [5.41, 5.74) is 2.76. The summed E-state index contributed by atoms with van der Waals surface area (Å²) in [6.07, 6.45) is 1.76. The summed E-state index contributed by atoms with van der Waals surface area (Å²) in [4.78, 5) is 25.6. The van der Waals surface area contributed by atoms with Crippen molar-refractivity contribution in [2.45, 2.75) is 39.2 Å². The number of morpholine rings is 1. The van der Waals surface area contributed by atoms with Gasteiger partial charge in [-0.2, -0.15) is 5.10 Å². The Kier molecular flexibility index (Phi) is 6.33. The first-order chi connectivity index (χ1) is 10.6. The maximum Gasteiger partial charge on any atom is 0.267 e. The number of nitrogens with zero attached hydrogens (tertiary/aromatic N) is 2. The minimum Gasteiger partial charge on any atom is -0.379 e. The molecule has 2 N–H and O–H groups in total. The summed E-state index contributed by atoms with van der Waals surface area (Å²) in [6.45, 7) is 8.30. The smallest absolute Gasteiger partial charge is 0.267 e. The second-order valence-corrected chi connectivity index (χ2v) is 6.24. The zero-order valence-electron chi connectivity index (χ0n) is 13.4. The highest BCUT2D eigenvalue weighted by Crippen LogP contribution is 2.13. The van der Waals surface area contributed by atoms with Gasteiger partial charge in [0.25, 0.3) is 5.91 Å². The van der Waals surface area contributed by atoms with Crippen LogP contribution in [0.1, 0.15) is 33.1 Å². The Balaban J connectivity index is 1.86.